The zero-order valence-corrected chi connectivity index (χ0v) is 6.04. The largest absolute Gasteiger partial charge is 0.369 e. The molecule has 0 aliphatic heterocycles. The van der Waals surface area contributed by atoms with Gasteiger partial charge in [-0.15, -0.1) is 0 Å². The van der Waals surface area contributed by atoms with Gasteiger partial charge in [-0.25, -0.2) is 4.68 Å². The zero-order chi connectivity index (χ0) is 8.43. The molecule has 0 atom stereocenters. The smallest absolute Gasteiger partial charge is 0.222 e. The van der Waals surface area contributed by atoms with Gasteiger partial charge in [0, 0.05) is 12.6 Å². The van der Waals surface area contributed by atoms with Crippen LogP contribution in [-0.2, 0) is 18.3 Å². The standard InChI is InChI=1S/C6H8FN3O/c1-10-6(7)4(3-9-10)2-5(8)11/h3H,2H2,1H3,(H2,8,11). The Morgan fingerprint density at radius 2 is 2.55 bits per heavy atom. The van der Waals surface area contributed by atoms with E-state index in [9.17, 15) is 9.18 Å². The monoisotopic (exact) mass is 157 g/mol. The average molecular weight is 157 g/mol. The second kappa shape index (κ2) is 2.69. The van der Waals surface area contributed by atoms with Gasteiger partial charge in [0.15, 0.2) is 0 Å². The predicted octanol–water partition coefficient (Wildman–Crippen LogP) is -0.413. The van der Waals surface area contributed by atoms with Crippen LogP contribution in [0, 0.1) is 5.95 Å². The Morgan fingerprint density at radius 3 is 2.91 bits per heavy atom. The minimum atomic E-state index is -0.558. The lowest BCUT2D eigenvalue weighted by atomic mass is 10.2. The fourth-order valence-corrected chi connectivity index (χ4v) is 0.774. The molecule has 0 spiro atoms. The summed E-state index contributed by atoms with van der Waals surface area (Å²) in [7, 11) is 1.46. The molecule has 0 bridgehead atoms. The van der Waals surface area contributed by atoms with E-state index >= 15 is 0 Å². The molecule has 0 saturated heterocycles. The second-order valence-corrected chi connectivity index (χ2v) is 2.23. The maximum atomic E-state index is 12.8. The van der Waals surface area contributed by atoms with E-state index in [1.165, 1.54) is 13.2 Å². The van der Waals surface area contributed by atoms with Gasteiger partial charge in [0.25, 0.3) is 0 Å². The van der Waals surface area contributed by atoms with E-state index in [4.69, 9.17) is 5.73 Å². The van der Waals surface area contributed by atoms with E-state index in [0.29, 0.717) is 0 Å². The molecule has 5 heteroatoms. The number of halogens is 1. The molecular formula is C6H8FN3O. The summed E-state index contributed by atoms with van der Waals surface area (Å²) in [5.41, 5.74) is 5.10. The van der Waals surface area contributed by atoms with Crippen LogP contribution in [0.3, 0.4) is 0 Å². The molecule has 0 aliphatic carbocycles. The molecule has 1 rings (SSSR count). The summed E-state index contributed by atoms with van der Waals surface area (Å²) in [4.78, 5) is 10.3. The van der Waals surface area contributed by atoms with Crippen LogP contribution in [0.25, 0.3) is 0 Å². The number of hydrogen-bond donors (Lipinski definition) is 1. The molecule has 1 aromatic rings. The Hall–Kier alpha value is -1.39. The lowest BCUT2D eigenvalue weighted by molar-refractivity contribution is -0.117. The van der Waals surface area contributed by atoms with Crippen LogP contribution >= 0.6 is 0 Å². The van der Waals surface area contributed by atoms with Crippen molar-refractivity contribution in [3.05, 3.63) is 17.7 Å². The molecule has 1 heterocycles. The van der Waals surface area contributed by atoms with Crippen molar-refractivity contribution in [1.29, 1.82) is 0 Å². The predicted molar refractivity (Wildman–Crippen MR) is 36.1 cm³/mol. The van der Waals surface area contributed by atoms with Gasteiger partial charge >= 0.3 is 0 Å². The summed E-state index contributed by atoms with van der Waals surface area (Å²) in [6.07, 6.45) is 1.19. The molecule has 1 aromatic heterocycles. The first-order chi connectivity index (χ1) is 5.11. The number of rotatable bonds is 2. The maximum Gasteiger partial charge on any atom is 0.222 e. The van der Waals surface area contributed by atoms with E-state index in [1.807, 2.05) is 0 Å². The van der Waals surface area contributed by atoms with Crippen LogP contribution in [0.4, 0.5) is 4.39 Å². The Labute approximate surface area is 62.8 Å². The van der Waals surface area contributed by atoms with Gasteiger partial charge in [-0.05, 0) is 0 Å². The van der Waals surface area contributed by atoms with Gasteiger partial charge in [0.05, 0.1) is 12.6 Å². The molecule has 11 heavy (non-hydrogen) atoms. The second-order valence-electron chi connectivity index (χ2n) is 2.23. The summed E-state index contributed by atoms with van der Waals surface area (Å²) in [6.45, 7) is 0. The minimum Gasteiger partial charge on any atom is -0.369 e. The van der Waals surface area contributed by atoms with Crippen LogP contribution in [-0.4, -0.2) is 15.7 Å². The number of nitrogens with two attached hydrogens (primary N) is 1. The summed E-state index contributed by atoms with van der Waals surface area (Å²) < 4.78 is 13.9. The molecule has 2 N–H and O–H groups in total. The van der Waals surface area contributed by atoms with Crippen molar-refractivity contribution in [2.45, 2.75) is 6.42 Å². The molecule has 0 fully saturated rings. The van der Waals surface area contributed by atoms with Crippen molar-refractivity contribution in [2.24, 2.45) is 12.8 Å². The van der Waals surface area contributed by atoms with Crippen LogP contribution in [0.15, 0.2) is 6.20 Å². The number of primary amides is 1. The number of carbonyl (C=O) groups excluding carboxylic acids is 1. The van der Waals surface area contributed by atoms with Crippen LogP contribution in [0.5, 0.6) is 0 Å². The van der Waals surface area contributed by atoms with Gasteiger partial charge in [0.2, 0.25) is 11.9 Å². The average Bonchev–Trinajstić information content (AvgIpc) is 2.18. The Morgan fingerprint density at radius 1 is 1.91 bits per heavy atom. The number of amides is 1. The fraction of sp³-hybridized carbons (Fsp3) is 0.333. The van der Waals surface area contributed by atoms with Crippen molar-refractivity contribution in [3.8, 4) is 0 Å². The molecule has 0 aliphatic rings. The van der Waals surface area contributed by atoms with Crippen molar-refractivity contribution >= 4 is 5.91 Å². The molecule has 1 amide bonds. The van der Waals surface area contributed by atoms with Gasteiger partial charge in [-0.1, -0.05) is 0 Å². The fourth-order valence-electron chi connectivity index (χ4n) is 0.774. The summed E-state index contributed by atoms with van der Waals surface area (Å²) >= 11 is 0. The quantitative estimate of drug-likeness (QED) is 0.634. The van der Waals surface area contributed by atoms with Gasteiger partial charge in [0.1, 0.15) is 0 Å². The first-order valence-electron chi connectivity index (χ1n) is 3.06. The number of aryl methyl sites for hydroxylation is 1. The first kappa shape index (κ1) is 7.71. The molecule has 60 valence electrons. The van der Waals surface area contributed by atoms with Crippen LogP contribution in [0.1, 0.15) is 5.56 Å². The Kier molecular flexibility index (Phi) is 1.89. The highest BCUT2D eigenvalue weighted by Gasteiger charge is 2.08. The first-order valence-corrected chi connectivity index (χ1v) is 3.06. The lowest BCUT2D eigenvalue weighted by Gasteiger charge is -1.91. The normalized spacial score (nSPS) is 10.0. The number of nitrogens with zero attached hydrogens (tertiary/aromatic N) is 2. The zero-order valence-electron chi connectivity index (χ0n) is 6.04. The highest BCUT2D eigenvalue weighted by atomic mass is 19.1. The van der Waals surface area contributed by atoms with Crippen LogP contribution < -0.4 is 5.73 Å². The SMILES string of the molecule is Cn1ncc(CC(N)=O)c1F. The van der Waals surface area contributed by atoms with Gasteiger partial charge < -0.3 is 5.73 Å². The van der Waals surface area contributed by atoms with E-state index in [-0.39, 0.29) is 12.0 Å². The number of aromatic nitrogens is 2. The molecule has 0 aromatic carbocycles. The third-order valence-electron chi connectivity index (χ3n) is 1.30. The molecular weight excluding hydrogens is 149 g/mol. The number of carbonyl (C=O) groups is 1. The van der Waals surface area contributed by atoms with Crippen LogP contribution in [0.2, 0.25) is 0 Å². The van der Waals surface area contributed by atoms with Gasteiger partial charge in [-0.2, -0.15) is 9.49 Å². The molecule has 0 unspecified atom stereocenters. The topological polar surface area (TPSA) is 60.9 Å². The Bertz CT molecular complexity index is 281. The number of hydrogen-bond acceptors (Lipinski definition) is 2. The third kappa shape index (κ3) is 1.54. The molecule has 0 saturated carbocycles. The van der Waals surface area contributed by atoms with Crippen molar-refractivity contribution in [1.82, 2.24) is 9.78 Å². The van der Waals surface area contributed by atoms with E-state index < -0.39 is 11.9 Å². The molecule has 0 radical (unpaired) electrons. The Balaban J connectivity index is 2.87. The molecule has 4 nitrogen and oxygen atoms in total. The maximum absolute atomic E-state index is 12.8. The third-order valence-corrected chi connectivity index (χ3v) is 1.30. The van der Waals surface area contributed by atoms with E-state index in [2.05, 4.69) is 5.10 Å². The van der Waals surface area contributed by atoms with E-state index in [1.54, 1.807) is 0 Å². The minimum absolute atomic E-state index is 0.0975. The van der Waals surface area contributed by atoms with Crippen molar-refractivity contribution in [3.63, 3.8) is 0 Å². The lowest BCUT2D eigenvalue weighted by Crippen LogP contribution is -2.14. The summed E-state index contributed by atoms with van der Waals surface area (Å²) in [6, 6.07) is 0. The van der Waals surface area contributed by atoms with Crippen molar-refractivity contribution in [2.75, 3.05) is 0 Å². The van der Waals surface area contributed by atoms with Crippen molar-refractivity contribution < 1.29 is 9.18 Å². The highest BCUT2D eigenvalue weighted by molar-refractivity contribution is 5.76. The van der Waals surface area contributed by atoms with Gasteiger partial charge in [-0.3, -0.25) is 4.79 Å². The summed E-state index contributed by atoms with van der Waals surface area (Å²) in [5.74, 6) is -1.07. The highest BCUT2D eigenvalue weighted by Crippen LogP contribution is 2.04. The summed E-state index contributed by atoms with van der Waals surface area (Å²) in [5, 5.41) is 3.60. The van der Waals surface area contributed by atoms with E-state index in [0.717, 1.165) is 4.68 Å².